The summed E-state index contributed by atoms with van der Waals surface area (Å²) in [5, 5.41) is 14.0. The molecule has 1 aromatic carbocycles. The largest absolute Gasteiger partial charge is 0.493 e. The number of halogens is 3. The van der Waals surface area contributed by atoms with Gasteiger partial charge in [-0.05, 0) is 73.3 Å². The summed E-state index contributed by atoms with van der Waals surface area (Å²) in [6, 6.07) is 4.83. The molecular formula is C31H38F3N6O6P. The number of hydrogen-bond donors (Lipinski definition) is 5. The average molecular weight is 679 g/mol. The number of alkyl halides is 3. The molecule has 3 aromatic rings. The van der Waals surface area contributed by atoms with Crippen LogP contribution >= 0.6 is 7.60 Å². The van der Waals surface area contributed by atoms with Crippen LogP contribution in [-0.4, -0.2) is 60.9 Å². The zero-order valence-corrected chi connectivity index (χ0v) is 27.3. The molecule has 254 valence electrons. The van der Waals surface area contributed by atoms with Gasteiger partial charge in [0.2, 0.25) is 5.95 Å². The third-order valence-electron chi connectivity index (χ3n) is 9.36. The number of nitrogens with zero attached hydrogens (tertiary/aromatic N) is 4. The fourth-order valence-electron chi connectivity index (χ4n) is 6.62. The SMILES string of the molecule is CCC(CC)(c1cnc(Nc2ncc(C(F)(F)F)c(Nc3ccc(C4CCC(O)CC4)c4c3C(=O)N(C)C4)n2)c(OC)c1)P(=O)(O)O. The van der Waals surface area contributed by atoms with Crippen molar-refractivity contribution in [1.29, 1.82) is 0 Å². The quantitative estimate of drug-likeness (QED) is 0.155. The molecule has 3 heterocycles. The van der Waals surface area contributed by atoms with Gasteiger partial charge >= 0.3 is 13.8 Å². The predicted octanol–water partition coefficient (Wildman–Crippen LogP) is 6.18. The van der Waals surface area contributed by atoms with Crippen LogP contribution in [0.25, 0.3) is 0 Å². The van der Waals surface area contributed by atoms with Crippen LogP contribution in [0.2, 0.25) is 0 Å². The maximum Gasteiger partial charge on any atom is 0.421 e. The number of methoxy groups -OCH3 is 1. The number of hydrogen-bond acceptors (Lipinski definition) is 9. The Morgan fingerprint density at radius 1 is 1.04 bits per heavy atom. The molecule has 0 radical (unpaired) electrons. The molecule has 2 aliphatic rings. The van der Waals surface area contributed by atoms with E-state index in [4.69, 9.17) is 4.74 Å². The Labute approximate surface area is 270 Å². The molecule has 1 aliphatic carbocycles. The number of aliphatic hydroxyl groups is 1. The number of fused-ring (bicyclic) bond motifs is 1. The number of anilines is 4. The Morgan fingerprint density at radius 2 is 1.72 bits per heavy atom. The molecule has 5 rings (SSSR count). The van der Waals surface area contributed by atoms with Gasteiger partial charge < -0.3 is 35.2 Å². The Bertz CT molecular complexity index is 1710. The van der Waals surface area contributed by atoms with Crippen molar-refractivity contribution in [2.45, 2.75) is 82.3 Å². The Hall–Kier alpha value is -3.78. The Kier molecular flexibility index (Phi) is 9.57. The number of benzene rings is 1. The Morgan fingerprint density at radius 3 is 2.32 bits per heavy atom. The standard InChI is InChI=1S/C31H38F3N6O6P/c1-5-30(6-2,47(43,44)45)18-13-24(46-4)27(35-14-18)39-29-36-15-22(31(32,33)34)26(38-29)37-23-12-11-20(17-7-9-19(41)10-8-17)21-16-40(3)28(42)25(21)23/h11-15,17,19,41H,5-10,16H2,1-4H3,(H2,43,44,45)(H2,35,36,37,38,39). The molecule has 1 saturated carbocycles. The molecular weight excluding hydrogens is 640 g/mol. The summed E-state index contributed by atoms with van der Waals surface area (Å²) >= 11 is 0. The van der Waals surface area contributed by atoms with Crippen molar-refractivity contribution in [2.24, 2.45) is 0 Å². The van der Waals surface area contributed by atoms with E-state index in [1.807, 2.05) is 6.07 Å². The van der Waals surface area contributed by atoms with Gasteiger partial charge in [0.15, 0.2) is 11.6 Å². The van der Waals surface area contributed by atoms with Crippen molar-refractivity contribution in [1.82, 2.24) is 19.9 Å². The summed E-state index contributed by atoms with van der Waals surface area (Å²) in [4.78, 5) is 47.3. The molecule has 1 amide bonds. The van der Waals surface area contributed by atoms with Crippen LogP contribution in [0.15, 0.2) is 30.6 Å². The van der Waals surface area contributed by atoms with Crippen LogP contribution in [0, 0.1) is 0 Å². The second-order valence-electron chi connectivity index (χ2n) is 12.0. The van der Waals surface area contributed by atoms with E-state index in [0.29, 0.717) is 25.6 Å². The third-order valence-corrected chi connectivity index (χ3v) is 11.4. The van der Waals surface area contributed by atoms with Gasteiger partial charge in [-0.1, -0.05) is 19.9 Å². The fraction of sp³-hybridized carbons (Fsp3) is 0.484. The zero-order valence-electron chi connectivity index (χ0n) is 26.4. The number of aliphatic hydroxyl groups excluding tert-OH is 1. The predicted molar refractivity (Wildman–Crippen MR) is 168 cm³/mol. The molecule has 0 bridgehead atoms. The topological polar surface area (TPSA) is 170 Å². The molecule has 0 spiro atoms. The zero-order chi connectivity index (χ0) is 34.3. The minimum atomic E-state index is -4.84. The number of amides is 1. The first-order valence-corrected chi connectivity index (χ1v) is 16.9. The van der Waals surface area contributed by atoms with E-state index in [9.17, 15) is 37.4 Å². The normalized spacial score (nSPS) is 18.7. The molecule has 0 unspecified atom stereocenters. The van der Waals surface area contributed by atoms with Crippen LogP contribution in [0.1, 0.15) is 90.9 Å². The molecule has 1 fully saturated rings. The van der Waals surface area contributed by atoms with Crippen LogP contribution < -0.4 is 15.4 Å². The lowest BCUT2D eigenvalue weighted by Crippen LogP contribution is -2.25. The first-order valence-electron chi connectivity index (χ1n) is 15.3. The molecule has 2 aromatic heterocycles. The third kappa shape index (κ3) is 6.54. The van der Waals surface area contributed by atoms with Crippen molar-refractivity contribution in [3.63, 3.8) is 0 Å². The second-order valence-corrected chi connectivity index (χ2v) is 13.9. The molecule has 0 saturated heterocycles. The van der Waals surface area contributed by atoms with Gasteiger partial charge in [-0.2, -0.15) is 18.2 Å². The first-order chi connectivity index (χ1) is 22.1. The monoisotopic (exact) mass is 678 g/mol. The van der Waals surface area contributed by atoms with Gasteiger partial charge in [0.25, 0.3) is 5.91 Å². The van der Waals surface area contributed by atoms with Crippen molar-refractivity contribution < 1.29 is 42.2 Å². The molecule has 1 aliphatic heterocycles. The van der Waals surface area contributed by atoms with E-state index in [2.05, 4.69) is 25.6 Å². The van der Waals surface area contributed by atoms with E-state index in [1.54, 1.807) is 27.0 Å². The molecule has 47 heavy (non-hydrogen) atoms. The summed E-state index contributed by atoms with van der Waals surface area (Å²) in [6.45, 7) is 3.62. The summed E-state index contributed by atoms with van der Waals surface area (Å²) in [7, 11) is -1.68. The van der Waals surface area contributed by atoms with Crippen molar-refractivity contribution in [3.8, 4) is 5.75 Å². The van der Waals surface area contributed by atoms with Crippen molar-refractivity contribution in [3.05, 3.63) is 58.4 Å². The lowest BCUT2D eigenvalue weighted by Gasteiger charge is -2.32. The van der Waals surface area contributed by atoms with Gasteiger partial charge in [-0.3, -0.25) is 9.36 Å². The first kappa shape index (κ1) is 34.6. The molecule has 12 nitrogen and oxygen atoms in total. The highest BCUT2D eigenvalue weighted by molar-refractivity contribution is 7.53. The van der Waals surface area contributed by atoms with Crippen LogP contribution in [0.3, 0.4) is 0 Å². The minimum absolute atomic E-state index is 0.00780. The van der Waals surface area contributed by atoms with Gasteiger partial charge in [-0.15, -0.1) is 0 Å². The van der Waals surface area contributed by atoms with E-state index in [-0.39, 0.29) is 65.1 Å². The highest BCUT2D eigenvalue weighted by Gasteiger charge is 2.46. The number of ether oxygens (including phenoxy) is 1. The highest BCUT2D eigenvalue weighted by Crippen LogP contribution is 2.61. The smallest absolute Gasteiger partial charge is 0.421 e. The van der Waals surface area contributed by atoms with E-state index in [0.717, 1.165) is 24.0 Å². The highest BCUT2D eigenvalue weighted by atomic mass is 31.2. The summed E-state index contributed by atoms with van der Waals surface area (Å²) in [6.07, 6.45) is -0.304. The lowest BCUT2D eigenvalue weighted by atomic mass is 9.80. The van der Waals surface area contributed by atoms with Gasteiger partial charge in [-0.25, -0.2) is 9.97 Å². The van der Waals surface area contributed by atoms with Gasteiger partial charge in [0, 0.05) is 26.0 Å². The fourth-order valence-corrected chi connectivity index (χ4v) is 7.90. The molecule has 16 heteroatoms. The van der Waals surface area contributed by atoms with Gasteiger partial charge in [0.05, 0.1) is 29.6 Å². The van der Waals surface area contributed by atoms with Gasteiger partial charge in [0.1, 0.15) is 11.4 Å². The molecule has 5 N–H and O–H groups in total. The maximum absolute atomic E-state index is 14.2. The summed E-state index contributed by atoms with van der Waals surface area (Å²) < 4.78 is 60.4. The van der Waals surface area contributed by atoms with E-state index >= 15 is 0 Å². The average Bonchev–Trinajstić information content (AvgIpc) is 3.32. The number of nitrogens with one attached hydrogen (secondary N) is 2. The number of aromatic nitrogens is 3. The van der Waals surface area contributed by atoms with Crippen LogP contribution in [-0.2, 0) is 22.4 Å². The van der Waals surface area contributed by atoms with Crippen molar-refractivity contribution >= 4 is 36.8 Å². The number of carbonyl (C=O) groups is 1. The number of rotatable bonds is 10. The lowest BCUT2D eigenvalue weighted by molar-refractivity contribution is -0.137. The van der Waals surface area contributed by atoms with Crippen LogP contribution in [0.5, 0.6) is 5.75 Å². The summed E-state index contributed by atoms with van der Waals surface area (Å²) in [5.41, 5.74) is 1.21. The van der Waals surface area contributed by atoms with Crippen LogP contribution in [0.4, 0.5) is 36.4 Å². The maximum atomic E-state index is 14.2. The van der Waals surface area contributed by atoms with E-state index in [1.165, 1.54) is 24.3 Å². The molecule has 0 atom stereocenters. The summed E-state index contributed by atoms with van der Waals surface area (Å²) in [5.74, 6) is -1.01. The second kappa shape index (κ2) is 13.0. The number of pyridine rings is 1. The van der Waals surface area contributed by atoms with E-state index < -0.39 is 30.3 Å². The Balaban J connectivity index is 1.52. The van der Waals surface area contributed by atoms with Crippen molar-refractivity contribution in [2.75, 3.05) is 24.8 Å². The number of carbonyl (C=O) groups excluding carboxylic acids is 1. The minimum Gasteiger partial charge on any atom is -0.493 e.